The van der Waals surface area contributed by atoms with E-state index >= 15 is 0 Å². The Balaban J connectivity index is 2.58. The monoisotopic (exact) mass is 198 g/mol. The molecule has 0 unspecified atom stereocenters. The molecule has 1 aromatic carbocycles. The lowest BCUT2D eigenvalue weighted by molar-refractivity contribution is -0.112. The van der Waals surface area contributed by atoms with Crippen molar-refractivity contribution in [2.45, 2.75) is 0 Å². The van der Waals surface area contributed by atoms with Crippen molar-refractivity contribution >= 4 is 23.5 Å². The zero-order chi connectivity index (χ0) is 10.8. The molecule has 72 valence electrons. The summed E-state index contributed by atoms with van der Waals surface area (Å²) in [6.07, 6.45) is 2.78. The highest BCUT2D eigenvalue weighted by Gasteiger charge is 2.29. The highest BCUT2D eigenvalue weighted by molar-refractivity contribution is 6.52. The molecule has 1 heterocycles. The number of nitrogens with zero attached hydrogens (tertiary/aromatic N) is 1. The van der Waals surface area contributed by atoms with Gasteiger partial charge in [-0.1, -0.05) is 12.1 Å². The minimum atomic E-state index is -0.622. The molecular formula is C11H6N2O2. The Morgan fingerprint density at radius 2 is 2.13 bits per heavy atom. The first-order valence-electron chi connectivity index (χ1n) is 4.29. The Morgan fingerprint density at radius 1 is 1.33 bits per heavy atom. The van der Waals surface area contributed by atoms with Crippen LogP contribution in [0.2, 0.25) is 0 Å². The molecule has 0 saturated heterocycles. The van der Waals surface area contributed by atoms with E-state index in [-0.39, 0.29) is 0 Å². The van der Waals surface area contributed by atoms with Gasteiger partial charge in [0.1, 0.15) is 0 Å². The summed E-state index contributed by atoms with van der Waals surface area (Å²) in [5, 5.41) is 10.8. The minimum absolute atomic E-state index is 0.342. The number of allylic oxidation sites excluding steroid dienone is 1. The number of carbonyl (C=O) groups is 2. The molecule has 1 N–H and O–H groups in total. The second-order valence-electron chi connectivity index (χ2n) is 3.02. The van der Waals surface area contributed by atoms with Crippen molar-refractivity contribution in [1.82, 2.24) is 0 Å². The molecule has 0 radical (unpaired) electrons. The van der Waals surface area contributed by atoms with Crippen LogP contribution in [0.5, 0.6) is 0 Å². The number of rotatable bonds is 1. The summed E-state index contributed by atoms with van der Waals surface area (Å²) >= 11 is 0. The molecule has 4 nitrogen and oxygen atoms in total. The van der Waals surface area contributed by atoms with Crippen LogP contribution in [0, 0.1) is 11.3 Å². The summed E-state index contributed by atoms with van der Waals surface area (Å²) in [6, 6.07) is 6.89. The molecule has 0 bridgehead atoms. The largest absolute Gasteiger partial charge is 0.318 e. The van der Waals surface area contributed by atoms with Gasteiger partial charge >= 0.3 is 0 Å². The van der Waals surface area contributed by atoms with Crippen LogP contribution < -0.4 is 5.32 Å². The molecule has 0 aliphatic carbocycles. The van der Waals surface area contributed by atoms with Crippen LogP contribution in [-0.4, -0.2) is 11.7 Å². The van der Waals surface area contributed by atoms with Gasteiger partial charge in [-0.15, -0.1) is 0 Å². The number of benzene rings is 1. The third-order valence-corrected chi connectivity index (χ3v) is 2.12. The van der Waals surface area contributed by atoms with Gasteiger partial charge in [0.05, 0.1) is 17.3 Å². The van der Waals surface area contributed by atoms with Crippen LogP contribution in [0.25, 0.3) is 6.08 Å². The fourth-order valence-electron chi connectivity index (χ4n) is 1.49. The van der Waals surface area contributed by atoms with Crippen molar-refractivity contribution in [3.8, 4) is 6.07 Å². The summed E-state index contributed by atoms with van der Waals surface area (Å²) in [5.74, 6) is -1.18. The number of Topliss-reactive ketones (excluding diaryl/α,β-unsaturated/α-hetero) is 1. The second-order valence-corrected chi connectivity index (χ2v) is 3.02. The lowest BCUT2D eigenvalue weighted by Crippen LogP contribution is -2.12. The zero-order valence-corrected chi connectivity index (χ0v) is 7.65. The van der Waals surface area contributed by atoms with Crippen LogP contribution in [0.15, 0.2) is 24.3 Å². The molecule has 0 aromatic heterocycles. The van der Waals surface area contributed by atoms with E-state index in [1.54, 1.807) is 18.2 Å². The zero-order valence-electron chi connectivity index (χ0n) is 7.65. The third-order valence-electron chi connectivity index (χ3n) is 2.12. The first-order chi connectivity index (χ1) is 7.24. The van der Waals surface area contributed by atoms with Crippen molar-refractivity contribution < 1.29 is 9.59 Å². The Hall–Kier alpha value is -2.41. The topological polar surface area (TPSA) is 70.0 Å². The maximum Gasteiger partial charge on any atom is 0.296 e. The van der Waals surface area contributed by atoms with Gasteiger partial charge in [0.15, 0.2) is 0 Å². The summed E-state index contributed by atoms with van der Waals surface area (Å²) < 4.78 is 0. The highest BCUT2D eigenvalue weighted by atomic mass is 16.2. The quantitative estimate of drug-likeness (QED) is 0.547. The van der Waals surface area contributed by atoms with Gasteiger partial charge in [-0.25, -0.2) is 0 Å². The Kier molecular flexibility index (Phi) is 2.07. The van der Waals surface area contributed by atoms with Gasteiger partial charge in [0.2, 0.25) is 0 Å². The Bertz CT molecular complexity index is 524. The SMILES string of the molecule is N#CC=Cc1cccc2c1C(=O)C(=O)N2. The highest BCUT2D eigenvalue weighted by Crippen LogP contribution is 2.26. The van der Waals surface area contributed by atoms with E-state index in [4.69, 9.17) is 5.26 Å². The van der Waals surface area contributed by atoms with E-state index in [0.717, 1.165) is 0 Å². The smallest absolute Gasteiger partial charge is 0.296 e. The van der Waals surface area contributed by atoms with Crippen molar-refractivity contribution in [1.29, 1.82) is 5.26 Å². The van der Waals surface area contributed by atoms with Crippen LogP contribution in [0.1, 0.15) is 15.9 Å². The van der Waals surface area contributed by atoms with Crippen LogP contribution in [-0.2, 0) is 4.79 Å². The second kappa shape index (κ2) is 3.39. The van der Waals surface area contributed by atoms with Gasteiger partial charge in [-0.2, -0.15) is 5.26 Å². The molecule has 1 aliphatic rings. The lowest BCUT2D eigenvalue weighted by atomic mass is 10.0. The van der Waals surface area contributed by atoms with Crippen LogP contribution in [0.4, 0.5) is 5.69 Å². The van der Waals surface area contributed by atoms with E-state index in [1.165, 1.54) is 12.2 Å². The van der Waals surface area contributed by atoms with Crippen molar-refractivity contribution in [3.63, 3.8) is 0 Å². The number of anilines is 1. The van der Waals surface area contributed by atoms with Crippen molar-refractivity contribution in [2.75, 3.05) is 5.32 Å². The third kappa shape index (κ3) is 1.40. The molecule has 2 rings (SSSR count). The van der Waals surface area contributed by atoms with Gasteiger partial charge in [-0.3, -0.25) is 9.59 Å². The molecule has 0 fully saturated rings. The van der Waals surface area contributed by atoms with Gasteiger partial charge in [0, 0.05) is 6.08 Å². The van der Waals surface area contributed by atoms with E-state index < -0.39 is 11.7 Å². The molecule has 0 atom stereocenters. The molecule has 1 aromatic rings. The first kappa shape index (κ1) is 9.16. The number of hydrogen-bond donors (Lipinski definition) is 1. The van der Waals surface area contributed by atoms with Gasteiger partial charge in [-0.05, 0) is 17.7 Å². The number of carbonyl (C=O) groups excluding carboxylic acids is 2. The number of nitrogens with one attached hydrogen (secondary N) is 1. The number of hydrogen-bond acceptors (Lipinski definition) is 3. The van der Waals surface area contributed by atoms with Crippen molar-refractivity contribution in [2.24, 2.45) is 0 Å². The number of ketones is 1. The standard InChI is InChI=1S/C11H6N2O2/c12-6-2-4-7-3-1-5-8-9(7)10(14)11(15)13-8/h1-5H,(H,13,14,15). The number of fused-ring (bicyclic) bond motifs is 1. The summed E-state index contributed by atoms with van der Waals surface area (Å²) in [7, 11) is 0. The average Bonchev–Trinajstić information content (AvgIpc) is 2.53. The average molecular weight is 198 g/mol. The summed E-state index contributed by atoms with van der Waals surface area (Å²) in [4.78, 5) is 22.6. The molecule has 0 saturated carbocycles. The van der Waals surface area contributed by atoms with Crippen molar-refractivity contribution in [3.05, 3.63) is 35.4 Å². The molecule has 0 spiro atoms. The normalized spacial score (nSPS) is 13.8. The van der Waals surface area contributed by atoms with E-state index in [9.17, 15) is 9.59 Å². The van der Waals surface area contributed by atoms with Gasteiger partial charge < -0.3 is 5.32 Å². The van der Waals surface area contributed by atoms with E-state index in [0.29, 0.717) is 16.8 Å². The molecular weight excluding hydrogens is 192 g/mol. The maximum atomic E-state index is 11.5. The van der Waals surface area contributed by atoms with E-state index in [2.05, 4.69) is 5.32 Å². The molecule has 1 amide bonds. The molecule has 15 heavy (non-hydrogen) atoms. The predicted molar refractivity (Wildman–Crippen MR) is 54.0 cm³/mol. The maximum absolute atomic E-state index is 11.5. The molecule has 4 heteroatoms. The first-order valence-corrected chi connectivity index (χ1v) is 4.29. The fraction of sp³-hybridized carbons (Fsp3) is 0. The van der Waals surface area contributed by atoms with Gasteiger partial charge in [0.25, 0.3) is 11.7 Å². The fourth-order valence-corrected chi connectivity index (χ4v) is 1.49. The lowest BCUT2D eigenvalue weighted by Gasteiger charge is -1.99. The minimum Gasteiger partial charge on any atom is -0.318 e. The Labute approximate surface area is 85.8 Å². The van der Waals surface area contributed by atoms with E-state index in [1.807, 2.05) is 6.07 Å². The van der Waals surface area contributed by atoms with Crippen LogP contribution in [0.3, 0.4) is 0 Å². The predicted octanol–water partition coefficient (Wildman–Crippen LogP) is 1.36. The molecule has 1 aliphatic heterocycles. The Morgan fingerprint density at radius 3 is 2.87 bits per heavy atom. The van der Waals surface area contributed by atoms with Crippen LogP contribution >= 0.6 is 0 Å². The number of amides is 1. The summed E-state index contributed by atoms with van der Waals surface area (Å²) in [6.45, 7) is 0. The summed E-state index contributed by atoms with van der Waals surface area (Å²) in [5.41, 5.74) is 1.43. The number of nitriles is 1.